The number of carbonyl (C=O) groups excluding carboxylic acids is 1. The number of rotatable bonds is 7. The van der Waals surface area contributed by atoms with Crippen molar-refractivity contribution in [3.8, 4) is 0 Å². The molecule has 2 aromatic rings. The predicted molar refractivity (Wildman–Crippen MR) is 130 cm³/mol. The molecule has 1 aliphatic heterocycles. The van der Waals surface area contributed by atoms with Crippen molar-refractivity contribution < 1.29 is 22.4 Å². The third-order valence-electron chi connectivity index (χ3n) is 8.86. The maximum Gasteiger partial charge on any atom is 0.417 e. The Morgan fingerprint density at radius 2 is 2.06 bits per heavy atom. The van der Waals surface area contributed by atoms with Crippen LogP contribution in [0.3, 0.4) is 0 Å². The highest BCUT2D eigenvalue weighted by atomic mass is 32.2. The second-order valence-corrected chi connectivity index (χ2v) is 13.2. The third kappa shape index (κ3) is 4.03. The fraction of sp³-hybridized carbons (Fsp3) is 0.680. The Kier molecular flexibility index (Phi) is 5.92. The zero-order valence-corrected chi connectivity index (χ0v) is 21.5. The van der Waals surface area contributed by atoms with Gasteiger partial charge in [-0.3, -0.25) is 9.78 Å². The van der Waals surface area contributed by atoms with Gasteiger partial charge in [0.1, 0.15) is 0 Å². The third-order valence-corrected chi connectivity index (χ3v) is 10.3. The van der Waals surface area contributed by atoms with Gasteiger partial charge in [0.25, 0.3) is 0 Å². The van der Waals surface area contributed by atoms with Crippen molar-refractivity contribution in [2.75, 3.05) is 13.2 Å². The Morgan fingerprint density at radius 1 is 1.29 bits per heavy atom. The molecule has 1 unspecified atom stereocenters. The molecule has 3 N–H and O–H groups in total. The Labute approximate surface area is 205 Å². The molecular formula is C25H35N3O6S. The quantitative estimate of drug-likeness (QED) is 0.530. The molecule has 1 amide bonds. The van der Waals surface area contributed by atoms with Gasteiger partial charge < -0.3 is 14.5 Å². The van der Waals surface area contributed by atoms with Gasteiger partial charge in [-0.2, -0.15) is 0 Å². The van der Waals surface area contributed by atoms with Gasteiger partial charge in [-0.1, -0.05) is 27.7 Å². The normalized spacial score (nSPS) is 31.7. The van der Waals surface area contributed by atoms with Crippen LogP contribution < -0.4 is 15.8 Å². The summed E-state index contributed by atoms with van der Waals surface area (Å²) in [6, 6.07) is 4.41. The van der Waals surface area contributed by atoms with E-state index in [4.69, 9.17) is 9.15 Å². The molecule has 3 fully saturated rings. The average Bonchev–Trinajstić information content (AvgIpc) is 3.42. The SMILES string of the molecule is CC(C)C(=O)N[C@H]1C(C)(C)[C@@H]2C[C@@H]3[C@@H](CCNS(=O)(=O)c4ccc5[nH]c(=O)oc5c4)OCCC31C2. The summed E-state index contributed by atoms with van der Waals surface area (Å²) in [6.45, 7) is 9.25. The summed E-state index contributed by atoms with van der Waals surface area (Å²) >= 11 is 0. The summed E-state index contributed by atoms with van der Waals surface area (Å²) < 4.78 is 39.6. The first-order valence-electron chi connectivity index (χ1n) is 12.5. The van der Waals surface area contributed by atoms with Crippen LogP contribution in [0.25, 0.3) is 11.1 Å². The van der Waals surface area contributed by atoms with Gasteiger partial charge in [0.2, 0.25) is 15.9 Å². The van der Waals surface area contributed by atoms with Crippen LogP contribution in [0, 0.1) is 28.6 Å². The second kappa shape index (κ2) is 8.45. The summed E-state index contributed by atoms with van der Waals surface area (Å²) in [5.41, 5.74) is 0.677. The van der Waals surface area contributed by atoms with Crippen molar-refractivity contribution in [2.45, 2.75) is 70.4 Å². The van der Waals surface area contributed by atoms with Crippen molar-refractivity contribution >= 4 is 27.0 Å². The molecule has 1 saturated heterocycles. The molecule has 9 nitrogen and oxygen atoms in total. The van der Waals surface area contributed by atoms with Gasteiger partial charge in [0.05, 0.1) is 16.5 Å². The second-order valence-electron chi connectivity index (χ2n) is 11.4. The van der Waals surface area contributed by atoms with E-state index in [0.29, 0.717) is 30.4 Å². The summed E-state index contributed by atoms with van der Waals surface area (Å²) in [5, 5.41) is 3.39. The fourth-order valence-corrected chi connectivity index (χ4v) is 8.08. The zero-order chi connectivity index (χ0) is 25.2. The molecule has 5 atom stereocenters. The highest BCUT2D eigenvalue weighted by Gasteiger charge is 2.68. The van der Waals surface area contributed by atoms with Crippen molar-refractivity contribution in [3.63, 3.8) is 0 Å². The molecule has 35 heavy (non-hydrogen) atoms. The molecule has 1 aromatic carbocycles. The van der Waals surface area contributed by atoms with Crippen molar-refractivity contribution in [1.29, 1.82) is 0 Å². The molecule has 0 radical (unpaired) electrons. The van der Waals surface area contributed by atoms with Crippen molar-refractivity contribution in [1.82, 2.24) is 15.0 Å². The smallest absolute Gasteiger partial charge is 0.408 e. The topological polar surface area (TPSA) is 130 Å². The average molecular weight is 506 g/mol. The Balaban J connectivity index is 1.28. The van der Waals surface area contributed by atoms with E-state index in [0.717, 1.165) is 19.3 Å². The Hall–Kier alpha value is -2.17. The summed E-state index contributed by atoms with van der Waals surface area (Å²) in [6.07, 6.45) is 3.55. The van der Waals surface area contributed by atoms with Gasteiger partial charge in [-0.25, -0.2) is 17.9 Å². The number of benzene rings is 1. The molecular weight excluding hydrogens is 470 g/mol. The van der Waals surface area contributed by atoms with Crippen LogP contribution in [-0.4, -0.2) is 44.6 Å². The highest BCUT2D eigenvalue weighted by molar-refractivity contribution is 7.89. The zero-order valence-electron chi connectivity index (χ0n) is 20.7. The molecule has 10 heteroatoms. The number of sulfonamides is 1. The van der Waals surface area contributed by atoms with Gasteiger partial charge >= 0.3 is 5.76 Å². The number of hydrogen-bond acceptors (Lipinski definition) is 6. The molecule has 1 aromatic heterocycles. The van der Waals surface area contributed by atoms with Crippen LogP contribution in [-0.2, 0) is 19.6 Å². The van der Waals surface area contributed by atoms with E-state index in [1.807, 2.05) is 13.8 Å². The van der Waals surface area contributed by atoms with E-state index in [9.17, 15) is 18.0 Å². The number of oxazole rings is 1. The largest absolute Gasteiger partial charge is 0.417 e. The molecule has 5 rings (SSSR count). The molecule has 2 bridgehead atoms. The van der Waals surface area contributed by atoms with Crippen LogP contribution in [0.4, 0.5) is 0 Å². The van der Waals surface area contributed by atoms with Gasteiger partial charge in [0, 0.05) is 31.2 Å². The molecule has 192 valence electrons. The number of aromatic amines is 1. The standard InChI is InChI=1S/C25H35N3O6S/c1-14(2)21(29)28-22-24(3,4)15-11-17-19(33-10-8-25(17,22)13-15)7-9-26-35(31,32)16-5-6-18-20(12-16)34-23(30)27-18/h5-6,12,14-15,17,19,22,26H,7-11,13H2,1-4H3,(H,27,30)(H,28,29)/t15-,17-,19-,22+,25?/m1/s1. The monoisotopic (exact) mass is 505 g/mol. The number of amides is 1. The van der Waals surface area contributed by atoms with E-state index in [-0.39, 0.29) is 51.8 Å². The fourth-order valence-electron chi connectivity index (χ4n) is 7.02. The Morgan fingerprint density at radius 3 is 2.80 bits per heavy atom. The first-order valence-corrected chi connectivity index (χ1v) is 14.0. The number of hydrogen-bond donors (Lipinski definition) is 3. The van der Waals surface area contributed by atoms with E-state index in [1.54, 1.807) is 0 Å². The lowest BCUT2D eigenvalue weighted by atomic mass is 9.59. The number of fused-ring (bicyclic) bond motifs is 2. The van der Waals surface area contributed by atoms with Gasteiger partial charge in [-0.05, 0) is 60.5 Å². The molecule has 2 heterocycles. The number of nitrogens with one attached hydrogen (secondary N) is 3. The van der Waals surface area contributed by atoms with E-state index in [2.05, 4.69) is 28.9 Å². The summed E-state index contributed by atoms with van der Waals surface area (Å²) in [4.78, 5) is 26.6. The first-order chi connectivity index (χ1) is 16.4. The Bertz CT molecular complexity index is 1300. The first kappa shape index (κ1) is 24.5. The van der Waals surface area contributed by atoms with E-state index in [1.165, 1.54) is 18.2 Å². The van der Waals surface area contributed by atoms with Gasteiger partial charge in [0.15, 0.2) is 5.58 Å². The maximum atomic E-state index is 12.9. The summed E-state index contributed by atoms with van der Waals surface area (Å²) in [5.74, 6) is 0.205. The van der Waals surface area contributed by atoms with Crippen molar-refractivity contribution in [2.24, 2.45) is 28.6 Å². The number of aromatic nitrogens is 1. The lowest BCUT2D eigenvalue weighted by Gasteiger charge is -2.53. The van der Waals surface area contributed by atoms with Crippen LogP contribution in [0.5, 0.6) is 0 Å². The number of H-pyrrole nitrogens is 1. The van der Waals surface area contributed by atoms with Gasteiger partial charge in [-0.15, -0.1) is 0 Å². The lowest BCUT2D eigenvalue weighted by Crippen LogP contribution is -2.60. The van der Waals surface area contributed by atoms with E-state index < -0.39 is 15.8 Å². The molecule has 2 aliphatic carbocycles. The van der Waals surface area contributed by atoms with Crippen LogP contribution in [0.2, 0.25) is 0 Å². The maximum absolute atomic E-state index is 12.9. The molecule has 2 saturated carbocycles. The minimum Gasteiger partial charge on any atom is -0.408 e. The van der Waals surface area contributed by atoms with Crippen LogP contribution in [0.1, 0.15) is 53.4 Å². The molecule has 3 aliphatic rings. The highest BCUT2D eigenvalue weighted by Crippen LogP contribution is 2.68. The van der Waals surface area contributed by atoms with Crippen LogP contribution in [0.15, 0.2) is 32.3 Å². The lowest BCUT2D eigenvalue weighted by molar-refractivity contribution is -0.138. The number of carbonyl (C=O) groups is 1. The van der Waals surface area contributed by atoms with E-state index >= 15 is 0 Å². The number of ether oxygens (including phenoxy) is 1. The van der Waals surface area contributed by atoms with Crippen molar-refractivity contribution in [3.05, 3.63) is 28.7 Å². The summed E-state index contributed by atoms with van der Waals surface area (Å²) in [7, 11) is -3.77. The predicted octanol–water partition coefficient (Wildman–Crippen LogP) is 2.77. The minimum absolute atomic E-state index is 0.00261. The minimum atomic E-state index is -3.77. The molecule has 1 spiro atoms. The van der Waals surface area contributed by atoms with Crippen LogP contribution >= 0.6 is 0 Å².